The van der Waals surface area contributed by atoms with E-state index in [-0.39, 0.29) is 5.97 Å². The molecule has 0 spiro atoms. The summed E-state index contributed by atoms with van der Waals surface area (Å²) in [6, 6.07) is 7.56. The molecule has 1 aromatic carbocycles. The predicted octanol–water partition coefficient (Wildman–Crippen LogP) is 1.73. The Kier molecular flexibility index (Phi) is 7.20. The molecular formula is C13H18F3NO5S. The minimum absolute atomic E-state index is 0.265. The maximum atomic E-state index is 11.5. The molecule has 0 unspecified atom stereocenters. The Bertz CT molecular complexity index is 636. The second-order valence-corrected chi connectivity index (χ2v) is 6.87. The van der Waals surface area contributed by atoms with Crippen LogP contribution in [0.25, 0.3) is 0 Å². The van der Waals surface area contributed by atoms with Gasteiger partial charge in [0, 0.05) is 5.56 Å². The topological polar surface area (TPSA) is 83.5 Å². The molecule has 6 nitrogen and oxygen atoms in total. The summed E-state index contributed by atoms with van der Waals surface area (Å²) < 4.78 is 64.4. The molecule has 10 heteroatoms. The minimum atomic E-state index is -6.09. The van der Waals surface area contributed by atoms with Gasteiger partial charge in [-0.05, 0) is 6.07 Å². The van der Waals surface area contributed by atoms with Crippen molar-refractivity contribution in [3.63, 3.8) is 0 Å². The van der Waals surface area contributed by atoms with Gasteiger partial charge in [-0.1, -0.05) is 18.2 Å². The third kappa shape index (κ3) is 7.95. The van der Waals surface area contributed by atoms with E-state index in [1.165, 1.54) is 7.11 Å². The summed E-state index contributed by atoms with van der Waals surface area (Å²) in [7, 11) is 1.59. The van der Waals surface area contributed by atoms with Gasteiger partial charge in [0.15, 0.2) is 10.1 Å². The number of hydrogen-bond donors (Lipinski definition) is 0. The fourth-order valence-electron chi connectivity index (χ4n) is 1.48. The van der Waals surface area contributed by atoms with E-state index < -0.39 is 15.6 Å². The van der Waals surface area contributed by atoms with E-state index in [4.69, 9.17) is 17.7 Å². The molecule has 0 bridgehead atoms. The molecule has 0 saturated carbocycles. The first kappa shape index (κ1) is 21.4. The molecule has 23 heavy (non-hydrogen) atoms. The molecule has 1 aromatic rings. The molecule has 0 amide bonds. The first-order valence-corrected chi connectivity index (χ1v) is 7.58. The predicted molar refractivity (Wildman–Crippen MR) is 75.3 cm³/mol. The first-order valence-electron chi connectivity index (χ1n) is 6.18. The van der Waals surface area contributed by atoms with Gasteiger partial charge in [-0.3, -0.25) is 0 Å². The van der Waals surface area contributed by atoms with Crippen molar-refractivity contribution in [3.8, 4) is 0 Å². The molecule has 0 saturated heterocycles. The summed E-state index contributed by atoms with van der Waals surface area (Å²) >= 11 is 0. The number of esters is 1. The Morgan fingerprint density at radius 2 is 1.65 bits per heavy atom. The highest BCUT2D eigenvalue weighted by atomic mass is 32.2. The van der Waals surface area contributed by atoms with E-state index in [2.05, 4.69) is 21.1 Å². The number of carbonyl (C=O) groups is 1. The number of alkyl halides is 3. The third-order valence-electron chi connectivity index (χ3n) is 2.35. The highest BCUT2D eigenvalue weighted by Gasteiger charge is 2.36. The standard InChI is InChI=1S/C12H18NO2.CHF3O3S/c1-13(2,3)9-10-7-5-6-8-11(10)12(14)15-4;2-1(3,4)8(5,6)7/h5-8H,9H2,1-4H3;(H,5,6,7)/q+1;/p-1. The molecule has 1 rings (SSSR count). The third-order valence-corrected chi connectivity index (χ3v) is 2.92. The fraction of sp³-hybridized carbons (Fsp3) is 0.462. The molecule has 0 aliphatic heterocycles. The van der Waals surface area contributed by atoms with E-state index in [0.717, 1.165) is 16.6 Å². The average molecular weight is 357 g/mol. The zero-order valence-electron chi connectivity index (χ0n) is 13.0. The smallest absolute Gasteiger partial charge is 0.485 e. The van der Waals surface area contributed by atoms with Crippen LogP contribution in [-0.4, -0.2) is 57.2 Å². The van der Waals surface area contributed by atoms with Crippen molar-refractivity contribution in [1.82, 2.24) is 0 Å². The number of quaternary nitrogens is 1. The van der Waals surface area contributed by atoms with Crippen LogP contribution in [0.1, 0.15) is 15.9 Å². The zero-order valence-corrected chi connectivity index (χ0v) is 13.9. The van der Waals surface area contributed by atoms with E-state index >= 15 is 0 Å². The number of benzene rings is 1. The molecule has 0 radical (unpaired) electrons. The van der Waals surface area contributed by atoms with Crippen LogP contribution in [-0.2, 0) is 21.4 Å². The second kappa shape index (κ2) is 7.75. The van der Waals surface area contributed by atoms with Crippen LogP contribution in [0.5, 0.6) is 0 Å². The summed E-state index contributed by atoms with van der Waals surface area (Å²) in [6.45, 7) is 0.811. The van der Waals surface area contributed by atoms with Crippen LogP contribution in [0.2, 0.25) is 0 Å². The number of ether oxygens (including phenoxy) is 1. The SMILES string of the molecule is COC(=O)c1ccccc1C[N+](C)(C)C.O=S(=O)([O-])C(F)(F)F. The lowest BCUT2D eigenvalue weighted by Crippen LogP contribution is -2.34. The monoisotopic (exact) mass is 357 g/mol. The van der Waals surface area contributed by atoms with Crippen molar-refractivity contribution in [2.24, 2.45) is 0 Å². The number of carbonyl (C=O) groups excluding carboxylic acids is 1. The van der Waals surface area contributed by atoms with Gasteiger partial charge < -0.3 is 13.8 Å². The minimum Gasteiger partial charge on any atom is -0.741 e. The lowest BCUT2D eigenvalue weighted by atomic mass is 10.1. The molecule has 0 aliphatic carbocycles. The lowest BCUT2D eigenvalue weighted by molar-refractivity contribution is -0.884. The van der Waals surface area contributed by atoms with Crippen LogP contribution < -0.4 is 0 Å². The summed E-state index contributed by atoms with van der Waals surface area (Å²) in [4.78, 5) is 11.5. The molecule has 132 valence electrons. The van der Waals surface area contributed by atoms with Crippen LogP contribution in [0.15, 0.2) is 24.3 Å². The number of hydrogen-bond acceptors (Lipinski definition) is 5. The lowest BCUT2D eigenvalue weighted by Gasteiger charge is -2.24. The Morgan fingerprint density at radius 3 is 2.00 bits per heavy atom. The van der Waals surface area contributed by atoms with Crippen molar-refractivity contribution in [2.45, 2.75) is 12.1 Å². The Labute approximate surface area is 132 Å². The molecule has 0 aromatic heterocycles. The second-order valence-electron chi connectivity index (χ2n) is 5.50. The van der Waals surface area contributed by atoms with Crippen LogP contribution in [0.3, 0.4) is 0 Å². The summed E-state index contributed by atoms with van der Waals surface area (Å²) in [5, 5.41) is 0. The molecule has 0 fully saturated rings. The Balaban J connectivity index is 0.000000515. The number of rotatable bonds is 3. The normalized spacial score (nSPS) is 12.2. The number of nitrogens with zero attached hydrogens (tertiary/aromatic N) is 1. The van der Waals surface area contributed by atoms with Crippen LogP contribution >= 0.6 is 0 Å². The quantitative estimate of drug-likeness (QED) is 0.356. The van der Waals surface area contributed by atoms with Crippen LogP contribution in [0.4, 0.5) is 13.2 Å². The largest absolute Gasteiger partial charge is 0.741 e. The van der Waals surface area contributed by atoms with Gasteiger partial charge in [-0.15, -0.1) is 0 Å². The maximum Gasteiger partial charge on any atom is 0.485 e. The van der Waals surface area contributed by atoms with Gasteiger partial charge in [-0.25, -0.2) is 13.2 Å². The molecule has 0 aliphatic rings. The van der Waals surface area contributed by atoms with Crippen LogP contribution in [0, 0.1) is 0 Å². The van der Waals surface area contributed by atoms with Gasteiger partial charge in [0.05, 0.1) is 33.8 Å². The Hall–Kier alpha value is -1.65. The highest BCUT2D eigenvalue weighted by molar-refractivity contribution is 7.86. The Morgan fingerprint density at radius 1 is 1.22 bits per heavy atom. The maximum absolute atomic E-state index is 11.5. The van der Waals surface area contributed by atoms with E-state index in [1.54, 1.807) is 6.07 Å². The van der Waals surface area contributed by atoms with Gasteiger partial charge in [0.25, 0.3) is 0 Å². The first-order chi connectivity index (χ1) is 10.2. The molecular weight excluding hydrogens is 339 g/mol. The number of halogens is 3. The summed E-state index contributed by atoms with van der Waals surface area (Å²) in [5.41, 5.74) is -3.96. The average Bonchev–Trinajstić information content (AvgIpc) is 2.35. The van der Waals surface area contributed by atoms with Gasteiger partial charge in [0.1, 0.15) is 6.54 Å². The molecule has 0 N–H and O–H groups in total. The zero-order chi connectivity index (χ0) is 18.5. The van der Waals surface area contributed by atoms with E-state index in [1.807, 2.05) is 18.2 Å². The molecule has 0 atom stereocenters. The highest BCUT2D eigenvalue weighted by Crippen LogP contribution is 2.20. The summed E-state index contributed by atoms with van der Waals surface area (Å²) in [6.07, 6.45) is 0. The van der Waals surface area contributed by atoms with Crippen molar-refractivity contribution in [1.29, 1.82) is 0 Å². The molecule has 0 heterocycles. The van der Waals surface area contributed by atoms with Crippen molar-refractivity contribution in [3.05, 3.63) is 35.4 Å². The summed E-state index contributed by atoms with van der Waals surface area (Å²) in [5.74, 6) is -0.265. The fourth-order valence-corrected chi connectivity index (χ4v) is 1.48. The van der Waals surface area contributed by atoms with E-state index in [0.29, 0.717) is 5.56 Å². The van der Waals surface area contributed by atoms with Gasteiger partial charge in [0.2, 0.25) is 0 Å². The van der Waals surface area contributed by atoms with E-state index in [9.17, 15) is 18.0 Å². The van der Waals surface area contributed by atoms with Crippen molar-refractivity contribution >= 4 is 16.1 Å². The van der Waals surface area contributed by atoms with Crippen molar-refractivity contribution < 1.29 is 40.2 Å². The number of methoxy groups -OCH3 is 1. The van der Waals surface area contributed by atoms with Gasteiger partial charge >= 0.3 is 11.5 Å². The van der Waals surface area contributed by atoms with Gasteiger partial charge in [-0.2, -0.15) is 13.2 Å². The van der Waals surface area contributed by atoms with Crippen molar-refractivity contribution in [2.75, 3.05) is 28.3 Å².